The van der Waals surface area contributed by atoms with E-state index in [4.69, 9.17) is 11.6 Å². The standard InChI is InChI=1S/C15H11ClN2/c16-14-8-6-13(7-9-14)15(10-11-17-18-15)12-4-2-1-3-5-12/h1-11H. The average molecular weight is 255 g/mol. The van der Waals surface area contributed by atoms with E-state index in [0.717, 1.165) is 16.1 Å². The van der Waals surface area contributed by atoms with Crippen molar-refractivity contribution in [1.82, 2.24) is 0 Å². The molecule has 0 fully saturated rings. The summed E-state index contributed by atoms with van der Waals surface area (Å²) in [5.41, 5.74) is 1.66. The van der Waals surface area contributed by atoms with Gasteiger partial charge in [-0.25, -0.2) is 0 Å². The van der Waals surface area contributed by atoms with Crippen molar-refractivity contribution < 1.29 is 0 Å². The molecule has 0 N–H and O–H groups in total. The Labute approximate surface area is 111 Å². The molecule has 1 atom stereocenters. The molecule has 2 aromatic carbocycles. The topological polar surface area (TPSA) is 24.7 Å². The third-order valence-corrected chi connectivity index (χ3v) is 3.35. The second-order valence-electron chi connectivity index (χ2n) is 4.17. The molecule has 0 saturated carbocycles. The molecule has 1 heterocycles. The smallest absolute Gasteiger partial charge is 0.152 e. The summed E-state index contributed by atoms with van der Waals surface area (Å²) in [5, 5.41) is 9.15. The van der Waals surface area contributed by atoms with Crippen molar-refractivity contribution in [2.24, 2.45) is 10.2 Å². The zero-order valence-electron chi connectivity index (χ0n) is 9.62. The van der Waals surface area contributed by atoms with Crippen LogP contribution in [0.1, 0.15) is 11.1 Å². The van der Waals surface area contributed by atoms with Gasteiger partial charge in [0.2, 0.25) is 0 Å². The molecule has 1 aliphatic rings. The van der Waals surface area contributed by atoms with Gasteiger partial charge in [0, 0.05) is 11.2 Å². The molecule has 3 rings (SSSR count). The van der Waals surface area contributed by atoms with Crippen molar-refractivity contribution in [3.63, 3.8) is 0 Å². The van der Waals surface area contributed by atoms with Gasteiger partial charge >= 0.3 is 0 Å². The van der Waals surface area contributed by atoms with Gasteiger partial charge in [0.1, 0.15) is 0 Å². The van der Waals surface area contributed by atoms with Crippen LogP contribution in [-0.2, 0) is 5.54 Å². The summed E-state index contributed by atoms with van der Waals surface area (Å²) in [6.07, 6.45) is 3.74. The Morgan fingerprint density at radius 1 is 0.833 bits per heavy atom. The van der Waals surface area contributed by atoms with Crippen LogP contribution >= 0.6 is 11.6 Å². The van der Waals surface area contributed by atoms with Gasteiger partial charge in [0.05, 0.1) is 0 Å². The van der Waals surface area contributed by atoms with Crippen LogP contribution in [0.15, 0.2) is 77.1 Å². The minimum absolute atomic E-state index is 0.508. The van der Waals surface area contributed by atoms with Crippen LogP contribution < -0.4 is 0 Å². The number of nitrogens with zero attached hydrogens (tertiary/aromatic N) is 2. The van der Waals surface area contributed by atoms with Crippen LogP contribution in [-0.4, -0.2) is 0 Å². The third-order valence-electron chi connectivity index (χ3n) is 3.10. The zero-order valence-corrected chi connectivity index (χ0v) is 10.4. The van der Waals surface area contributed by atoms with E-state index in [1.54, 1.807) is 6.20 Å². The molecule has 0 amide bonds. The Bertz CT molecular complexity index is 588. The molecule has 3 heteroatoms. The molecule has 0 spiro atoms. The van der Waals surface area contributed by atoms with Crippen LogP contribution in [0.3, 0.4) is 0 Å². The fourth-order valence-corrected chi connectivity index (χ4v) is 2.30. The van der Waals surface area contributed by atoms with Crippen LogP contribution in [0.5, 0.6) is 0 Å². The average Bonchev–Trinajstić information content (AvgIpc) is 2.91. The van der Waals surface area contributed by atoms with E-state index in [-0.39, 0.29) is 0 Å². The normalized spacial score (nSPS) is 21.4. The Kier molecular flexibility index (Phi) is 2.73. The molecular weight excluding hydrogens is 244 g/mol. The van der Waals surface area contributed by atoms with Crippen LogP contribution in [0, 0.1) is 0 Å². The van der Waals surface area contributed by atoms with E-state index in [0.29, 0.717) is 0 Å². The predicted octanol–water partition coefficient (Wildman–Crippen LogP) is 4.56. The van der Waals surface area contributed by atoms with Crippen molar-refractivity contribution in [3.05, 3.63) is 83.0 Å². The maximum Gasteiger partial charge on any atom is 0.152 e. The molecular formula is C15H11ClN2. The molecule has 0 bridgehead atoms. The minimum Gasteiger partial charge on any atom is -0.168 e. The quantitative estimate of drug-likeness (QED) is 0.750. The number of azo groups is 1. The molecule has 0 aromatic heterocycles. The van der Waals surface area contributed by atoms with E-state index in [2.05, 4.69) is 22.4 Å². The molecule has 1 aliphatic heterocycles. The Balaban J connectivity index is 2.17. The Morgan fingerprint density at radius 3 is 2.11 bits per heavy atom. The van der Waals surface area contributed by atoms with Gasteiger partial charge < -0.3 is 0 Å². The number of hydrogen-bond donors (Lipinski definition) is 0. The summed E-state index contributed by atoms with van der Waals surface area (Å²) in [4.78, 5) is 0. The first-order valence-corrected chi connectivity index (χ1v) is 6.10. The zero-order chi connectivity index (χ0) is 12.4. The van der Waals surface area contributed by atoms with Gasteiger partial charge in [-0.15, -0.1) is 0 Å². The van der Waals surface area contributed by atoms with E-state index in [1.807, 2.05) is 48.5 Å². The summed E-state index contributed by atoms with van der Waals surface area (Å²) in [7, 11) is 0. The van der Waals surface area contributed by atoms with Crippen molar-refractivity contribution in [2.45, 2.75) is 5.54 Å². The van der Waals surface area contributed by atoms with Gasteiger partial charge in [-0.3, -0.25) is 0 Å². The molecule has 0 radical (unpaired) electrons. The fourth-order valence-electron chi connectivity index (χ4n) is 2.17. The largest absolute Gasteiger partial charge is 0.168 e. The maximum atomic E-state index is 5.94. The highest BCUT2D eigenvalue weighted by atomic mass is 35.5. The highest BCUT2D eigenvalue weighted by molar-refractivity contribution is 6.30. The second kappa shape index (κ2) is 4.39. The maximum absolute atomic E-state index is 5.94. The molecule has 0 aliphatic carbocycles. The van der Waals surface area contributed by atoms with E-state index in [9.17, 15) is 0 Å². The monoisotopic (exact) mass is 254 g/mol. The number of benzene rings is 2. The lowest BCUT2D eigenvalue weighted by atomic mass is 9.84. The highest BCUT2D eigenvalue weighted by Crippen LogP contribution is 2.38. The minimum atomic E-state index is -0.508. The molecule has 2 aromatic rings. The van der Waals surface area contributed by atoms with E-state index < -0.39 is 5.54 Å². The van der Waals surface area contributed by atoms with Gasteiger partial charge in [-0.05, 0) is 29.3 Å². The fraction of sp³-hybridized carbons (Fsp3) is 0.0667. The number of halogens is 1. The first-order chi connectivity index (χ1) is 8.81. The van der Waals surface area contributed by atoms with E-state index >= 15 is 0 Å². The van der Waals surface area contributed by atoms with Crippen LogP contribution in [0.4, 0.5) is 0 Å². The lowest BCUT2D eigenvalue weighted by Gasteiger charge is -2.23. The third kappa shape index (κ3) is 1.75. The van der Waals surface area contributed by atoms with Crippen molar-refractivity contribution >= 4 is 11.6 Å². The Hall–Kier alpha value is -1.93. The van der Waals surface area contributed by atoms with Crippen LogP contribution in [0.2, 0.25) is 5.02 Å². The van der Waals surface area contributed by atoms with Gasteiger partial charge in [0.15, 0.2) is 5.54 Å². The van der Waals surface area contributed by atoms with Crippen molar-refractivity contribution in [1.29, 1.82) is 0 Å². The summed E-state index contributed by atoms with van der Waals surface area (Å²) in [5.74, 6) is 0. The summed E-state index contributed by atoms with van der Waals surface area (Å²) >= 11 is 5.94. The van der Waals surface area contributed by atoms with Gasteiger partial charge in [0.25, 0.3) is 0 Å². The first-order valence-electron chi connectivity index (χ1n) is 5.72. The first kappa shape index (κ1) is 11.2. The molecule has 18 heavy (non-hydrogen) atoms. The Morgan fingerprint density at radius 2 is 1.50 bits per heavy atom. The molecule has 1 unspecified atom stereocenters. The van der Waals surface area contributed by atoms with Crippen LogP contribution in [0.25, 0.3) is 0 Å². The van der Waals surface area contributed by atoms with Crippen molar-refractivity contribution in [2.75, 3.05) is 0 Å². The predicted molar refractivity (Wildman–Crippen MR) is 72.7 cm³/mol. The van der Waals surface area contributed by atoms with Crippen molar-refractivity contribution in [3.8, 4) is 0 Å². The van der Waals surface area contributed by atoms with E-state index in [1.165, 1.54) is 0 Å². The molecule has 88 valence electrons. The summed E-state index contributed by atoms with van der Waals surface area (Å²) in [6, 6.07) is 17.9. The number of rotatable bonds is 2. The summed E-state index contributed by atoms with van der Waals surface area (Å²) < 4.78 is 0. The SMILES string of the molecule is Clc1ccc(C2(c3ccccc3)C=CN=N2)cc1. The lowest BCUT2D eigenvalue weighted by Crippen LogP contribution is -2.20. The summed E-state index contributed by atoms with van der Waals surface area (Å²) in [6.45, 7) is 0. The molecule has 0 saturated heterocycles. The second-order valence-corrected chi connectivity index (χ2v) is 4.61. The van der Waals surface area contributed by atoms with Gasteiger partial charge in [-0.1, -0.05) is 54.1 Å². The highest BCUT2D eigenvalue weighted by Gasteiger charge is 2.33. The lowest BCUT2D eigenvalue weighted by molar-refractivity contribution is 0.670. The number of hydrogen-bond acceptors (Lipinski definition) is 2. The molecule has 2 nitrogen and oxygen atoms in total. The van der Waals surface area contributed by atoms with Gasteiger partial charge in [-0.2, -0.15) is 10.2 Å².